The third-order valence-corrected chi connectivity index (χ3v) is 5.01. The van der Waals surface area contributed by atoms with Crippen LogP contribution in [0.25, 0.3) is 21.3 Å². The lowest BCUT2D eigenvalue weighted by atomic mass is 10.1. The first-order valence-corrected chi connectivity index (χ1v) is 9.97. The summed E-state index contributed by atoms with van der Waals surface area (Å²) in [5.41, 5.74) is 3.93. The number of pyridine rings is 1. The van der Waals surface area contributed by atoms with E-state index in [1.165, 1.54) is 11.3 Å². The number of esters is 1. The lowest BCUT2D eigenvalue weighted by molar-refractivity contribution is -0.144. The van der Waals surface area contributed by atoms with Gasteiger partial charge in [-0.05, 0) is 36.6 Å². The number of carbonyl (C=O) groups excluding carboxylic acids is 2. The normalized spacial score (nSPS) is 11.0. The number of carbonyl (C=O) groups is 2. The maximum Gasteiger partial charge on any atom is 0.325 e. The number of nitrogens with zero attached hydrogens (tertiary/aromatic N) is 2. The molecule has 0 unspecified atom stereocenters. The van der Waals surface area contributed by atoms with E-state index in [-0.39, 0.29) is 24.8 Å². The van der Waals surface area contributed by atoms with Gasteiger partial charge in [0.2, 0.25) is 5.91 Å². The highest BCUT2D eigenvalue weighted by Crippen LogP contribution is 2.28. The van der Waals surface area contributed by atoms with Crippen LogP contribution >= 0.6 is 11.3 Å². The number of benzene rings is 1. The van der Waals surface area contributed by atoms with Crippen molar-refractivity contribution in [2.75, 3.05) is 13.2 Å². The van der Waals surface area contributed by atoms with Crippen molar-refractivity contribution in [3.63, 3.8) is 0 Å². The largest absolute Gasteiger partial charge is 0.464 e. The first kappa shape index (κ1) is 19.9. The zero-order valence-corrected chi connectivity index (χ0v) is 17.0. The van der Waals surface area contributed by atoms with Gasteiger partial charge in [0, 0.05) is 17.5 Å². The maximum absolute atomic E-state index is 12.1. The van der Waals surface area contributed by atoms with Crippen molar-refractivity contribution in [3.8, 4) is 11.1 Å². The van der Waals surface area contributed by atoms with Crippen molar-refractivity contribution in [2.24, 2.45) is 5.92 Å². The molecule has 0 aliphatic rings. The van der Waals surface area contributed by atoms with E-state index in [0.717, 1.165) is 27.0 Å². The molecule has 1 aromatic carbocycles. The van der Waals surface area contributed by atoms with Gasteiger partial charge in [0.25, 0.3) is 0 Å². The molecule has 28 heavy (non-hydrogen) atoms. The van der Waals surface area contributed by atoms with Crippen LogP contribution in [0.3, 0.4) is 0 Å². The Morgan fingerprint density at radius 3 is 2.68 bits per heavy atom. The van der Waals surface area contributed by atoms with Crippen molar-refractivity contribution in [3.05, 3.63) is 47.2 Å². The lowest BCUT2D eigenvalue weighted by Gasteiger charge is -2.07. The number of rotatable bonds is 7. The van der Waals surface area contributed by atoms with Crippen LogP contribution in [0.2, 0.25) is 0 Å². The molecule has 0 radical (unpaired) electrons. The molecule has 2 aromatic heterocycles. The van der Waals surface area contributed by atoms with Gasteiger partial charge in [-0.15, -0.1) is 11.3 Å². The topological polar surface area (TPSA) is 81.2 Å². The number of amides is 1. The summed E-state index contributed by atoms with van der Waals surface area (Å²) >= 11 is 1.48. The van der Waals surface area contributed by atoms with Gasteiger partial charge < -0.3 is 10.1 Å². The Morgan fingerprint density at radius 2 is 1.96 bits per heavy atom. The summed E-state index contributed by atoms with van der Waals surface area (Å²) in [6, 6.07) is 10.0. The molecule has 3 aromatic rings. The van der Waals surface area contributed by atoms with Gasteiger partial charge in [-0.1, -0.05) is 26.0 Å². The first-order chi connectivity index (χ1) is 13.4. The Balaban J connectivity index is 1.61. The summed E-state index contributed by atoms with van der Waals surface area (Å²) < 4.78 is 6.05. The van der Waals surface area contributed by atoms with Gasteiger partial charge in [0.05, 0.1) is 23.2 Å². The predicted molar refractivity (Wildman–Crippen MR) is 110 cm³/mol. The zero-order chi connectivity index (χ0) is 20.1. The van der Waals surface area contributed by atoms with E-state index < -0.39 is 5.97 Å². The number of aryl methyl sites for hydroxylation is 1. The minimum absolute atomic E-state index is 0.124. The third-order valence-electron chi connectivity index (χ3n) is 4.00. The SMILES string of the molecule is Cc1ccc(-c2ccc3nc(CC(=O)NCC(=O)OCC(C)C)sc3c2)cn1. The molecular weight excluding hydrogens is 374 g/mol. The second-order valence-corrected chi connectivity index (χ2v) is 8.12. The molecule has 0 atom stereocenters. The Kier molecular flexibility index (Phi) is 6.36. The van der Waals surface area contributed by atoms with Gasteiger partial charge in [-0.25, -0.2) is 4.98 Å². The molecule has 7 heteroatoms. The maximum atomic E-state index is 12.1. The standard InChI is InChI=1S/C21H23N3O3S/c1-13(2)12-27-21(26)11-23-19(25)9-20-24-17-7-6-15(8-18(17)28-20)16-5-4-14(3)22-10-16/h4-8,10,13H,9,11-12H2,1-3H3,(H,23,25). The number of aromatic nitrogens is 2. The number of hydrogen-bond donors (Lipinski definition) is 1. The molecule has 0 spiro atoms. The Bertz CT molecular complexity index is 980. The minimum Gasteiger partial charge on any atom is -0.464 e. The summed E-state index contributed by atoms with van der Waals surface area (Å²) in [6.07, 6.45) is 1.99. The van der Waals surface area contributed by atoms with Crippen LogP contribution in [0.15, 0.2) is 36.5 Å². The fourth-order valence-corrected chi connectivity index (χ4v) is 3.55. The second kappa shape index (κ2) is 8.93. The monoisotopic (exact) mass is 397 g/mol. The number of nitrogens with one attached hydrogen (secondary N) is 1. The van der Waals surface area contributed by atoms with E-state index in [1.54, 1.807) is 0 Å². The van der Waals surface area contributed by atoms with E-state index in [9.17, 15) is 9.59 Å². The summed E-state index contributed by atoms with van der Waals surface area (Å²) in [5.74, 6) is -0.408. The molecule has 1 amide bonds. The van der Waals surface area contributed by atoms with Gasteiger partial charge in [-0.2, -0.15) is 0 Å². The molecule has 0 fully saturated rings. The van der Waals surface area contributed by atoms with E-state index in [4.69, 9.17) is 4.74 Å². The molecule has 0 bridgehead atoms. The van der Waals surface area contributed by atoms with Crippen molar-refractivity contribution in [2.45, 2.75) is 27.2 Å². The average Bonchev–Trinajstić information content (AvgIpc) is 3.06. The number of fused-ring (bicyclic) bond motifs is 1. The van der Waals surface area contributed by atoms with Crippen LogP contribution in [0.4, 0.5) is 0 Å². The molecule has 146 valence electrons. The average molecular weight is 398 g/mol. The minimum atomic E-state index is -0.428. The van der Waals surface area contributed by atoms with Crippen molar-refractivity contribution in [1.29, 1.82) is 0 Å². The molecular formula is C21H23N3O3S. The molecule has 3 rings (SSSR count). The van der Waals surface area contributed by atoms with Crippen LogP contribution in [0.1, 0.15) is 24.5 Å². The fraction of sp³-hybridized carbons (Fsp3) is 0.333. The van der Waals surface area contributed by atoms with E-state index >= 15 is 0 Å². The van der Waals surface area contributed by atoms with Gasteiger partial charge >= 0.3 is 5.97 Å². The smallest absolute Gasteiger partial charge is 0.325 e. The van der Waals surface area contributed by atoms with E-state index in [1.807, 2.05) is 51.2 Å². The fourth-order valence-electron chi connectivity index (χ4n) is 2.55. The predicted octanol–water partition coefficient (Wildman–Crippen LogP) is 3.52. The molecule has 0 aliphatic heterocycles. The summed E-state index contributed by atoms with van der Waals surface area (Å²) in [6.45, 7) is 6.10. The first-order valence-electron chi connectivity index (χ1n) is 9.15. The number of hydrogen-bond acceptors (Lipinski definition) is 6. The lowest BCUT2D eigenvalue weighted by Crippen LogP contribution is -2.32. The van der Waals surface area contributed by atoms with E-state index in [0.29, 0.717) is 11.6 Å². The highest BCUT2D eigenvalue weighted by atomic mass is 32.1. The highest BCUT2D eigenvalue weighted by Gasteiger charge is 2.12. The van der Waals surface area contributed by atoms with Crippen molar-refractivity contribution in [1.82, 2.24) is 15.3 Å². The molecule has 6 nitrogen and oxygen atoms in total. The summed E-state index contributed by atoms with van der Waals surface area (Å²) in [5, 5.41) is 3.30. The molecule has 2 heterocycles. The Hall–Kier alpha value is -2.80. The van der Waals surface area contributed by atoms with Crippen LogP contribution < -0.4 is 5.32 Å². The van der Waals surface area contributed by atoms with Crippen LogP contribution in [0.5, 0.6) is 0 Å². The van der Waals surface area contributed by atoms with Crippen LogP contribution in [0, 0.1) is 12.8 Å². The summed E-state index contributed by atoms with van der Waals surface area (Å²) in [4.78, 5) is 32.5. The summed E-state index contributed by atoms with van der Waals surface area (Å²) in [7, 11) is 0. The number of thiazole rings is 1. The molecule has 1 N–H and O–H groups in total. The van der Waals surface area contributed by atoms with Crippen LogP contribution in [-0.2, 0) is 20.7 Å². The zero-order valence-electron chi connectivity index (χ0n) is 16.2. The molecule has 0 saturated carbocycles. The van der Waals surface area contributed by atoms with Crippen molar-refractivity contribution >= 4 is 33.4 Å². The third kappa shape index (κ3) is 5.36. The van der Waals surface area contributed by atoms with Gasteiger partial charge in [0.15, 0.2) is 0 Å². The van der Waals surface area contributed by atoms with Crippen molar-refractivity contribution < 1.29 is 14.3 Å². The van der Waals surface area contributed by atoms with Crippen LogP contribution in [-0.4, -0.2) is 35.0 Å². The molecule has 0 saturated heterocycles. The second-order valence-electron chi connectivity index (χ2n) is 7.01. The highest BCUT2D eigenvalue weighted by molar-refractivity contribution is 7.18. The molecule has 0 aliphatic carbocycles. The van der Waals surface area contributed by atoms with Gasteiger partial charge in [0.1, 0.15) is 11.6 Å². The Morgan fingerprint density at radius 1 is 1.18 bits per heavy atom. The number of ether oxygens (including phenoxy) is 1. The quantitative estimate of drug-likeness (QED) is 0.617. The van der Waals surface area contributed by atoms with E-state index in [2.05, 4.69) is 21.4 Å². The Labute approximate surface area is 168 Å². The van der Waals surface area contributed by atoms with Gasteiger partial charge in [-0.3, -0.25) is 14.6 Å².